The molecule has 1 rings (SSSR count). The monoisotopic (exact) mass is 254 g/mol. The molecule has 1 aromatic carbocycles. The van der Waals surface area contributed by atoms with E-state index >= 15 is 0 Å². The van der Waals surface area contributed by atoms with Gasteiger partial charge < -0.3 is 5.11 Å². The molecule has 0 spiro atoms. The standard InChI is InChI=1S/C11H11BrO2/c12-10-4-1-9(2-5-10)3-6-11(14)7-8-13/h1-6,13H,7-8H2. The van der Waals surface area contributed by atoms with Crippen LogP contribution in [0.2, 0.25) is 0 Å². The van der Waals surface area contributed by atoms with Crippen LogP contribution in [0.1, 0.15) is 12.0 Å². The Labute approximate surface area is 91.4 Å². The fraction of sp³-hybridized carbons (Fsp3) is 0.182. The second kappa shape index (κ2) is 5.73. The molecule has 0 aliphatic heterocycles. The number of aliphatic hydroxyl groups excluding tert-OH is 1. The highest BCUT2D eigenvalue weighted by Crippen LogP contribution is 2.11. The van der Waals surface area contributed by atoms with E-state index in [4.69, 9.17) is 5.11 Å². The third-order valence-electron chi connectivity index (χ3n) is 1.69. The molecule has 0 amide bonds. The van der Waals surface area contributed by atoms with Gasteiger partial charge in [-0.1, -0.05) is 34.1 Å². The van der Waals surface area contributed by atoms with E-state index in [0.29, 0.717) is 0 Å². The molecule has 1 N–H and O–H groups in total. The number of carbonyl (C=O) groups excluding carboxylic acids is 1. The lowest BCUT2D eigenvalue weighted by Crippen LogP contribution is -1.95. The summed E-state index contributed by atoms with van der Waals surface area (Å²) in [4.78, 5) is 11.0. The lowest BCUT2D eigenvalue weighted by atomic mass is 10.2. The molecular weight excluding hydrogens is 244 g/mol. The van der Waals surface area contributed by atoms with Crippen LogP contribution >= 0.6 is 15.9 Å². The largest absolute Gasteiger partial charge is 0.396 e. The van der Waals surface area contributed by atoms with Gasteiger partial charge in [0.05, 0.1) is 6.61 Å². The molecule has 2 nitrogen and oxygen atoms in total. The van der Waals surface area contributed by atoms with E-state index in [-0.39, 0.29) is 18.8 Å². The van der Waals surface area contributed by atoms with Crippen LogP contribution in [0.3, 0.4) is 0 Å². The Morgan fingerprint density at radius 2 is 2.00 bits per heavy atom. The van der Waals surface area contributed by atoms with Crippen molar-refractivity contribution < 1.29 is 9.90 Å². The maximum Gasteiger partial charge on any atom is 0.157 e. The highest BCUT2D eigenvalue weighted by molar-refractivity contribution is 9.10. The van der Waals surface area contributed by atoms with Gasteiger partial charge in [-0.2, -0.15) is 0 Å². The summed E-state index contributed by atoms with van der Waals surface area (Å²) in [6.45, 7) is -0.0937. The van der Waals surface area contributed by atoms with E-state index in [1.165, 1.54) is 6.08 Å². The molecule has 0 radical (unpaired) electrons. The molecule has 0 saturated heterocycles. The molecular formula is C11H11BrO2. The van der Waals surface area contributed by atoms with E-state index in [9.17, 15) is 4.79 Å². The molecule has 3 heteroatoms. The Hall–Kier alpha value is -0.930. The summed E-state index contributed by atoms with van der Waals surface area (Å²) >= 11 is 3.33. The van der Waals surface area contributed by atoms with E-state index in [1.54, 1.807) is 6.08 Å². The molecule has 0 aliphatic carbocycles. The minimum Gasteiger partial charge on any atom is -0.396 e. The van der Waals surface area contributed by atoms with Crippen LogP contribution in [0.15, 0.2) is 34.8 Å². The third-order valence-corrected chi connectivity index (χ3v) is 2.22. The number of rotatable bonds is 4. The Morgan fingerprint density at radius 1 is 1.36 bits per heavy atom. The van der Waals surface area contributed by atoms with Crippen LogP contribution in [0.25, 0.3) is 6.08 Å². The normalized spacial score (nSPS) is 10.7. The Kier molecular flexibility index (Phi) is 4.56. The van der Waals surface area contributed by atoms with Gasteiger partial charge in [-0.25, -0.2) is 0 Å². The van der Waals surface area contributed by atoms with Gasteiger partial charge in [0.25, 0.3) is 0 Å². The van der Waals surface area contributed by atoms with Crippen LogP contribution in [-0.2, 0) is 4.79 Å². The van der Waals surface area contributed by atoms with Crippen molar-refractivity contribution in [3.05, 3.63) is 40.4 Å². The molecule has 0 aliphatic rings. The lowest BCUT2D eigenvalue weighted by molar-refractivity contribution is -0.115. The van der Waals surface area contributed by atoms with E-state index < -0.39 is 0 Å². The van der Waals surface area contributed by atoms with Crippen molar-refractivity contribution in [3.8, 4) is 0 Å². The SMILES string of the molecule is O=C(C=Cc1ccc(Br)cc1)CCO. The molecule has 0 aromatic heterocycles. The van der Waals surface area contributed by atoms with Crippen molar-refractivity contribution in [2.75, 3.05) is 6.61 Å². The minimum absolute atomic E-state index is 0.0598. The smallest absolute Gasteiger partial charge is 0.157 e. The maximum atomic E-state index is 11.0. The maximum absolute atomic E-state index is 11.0. The molecule has 0 bridgehead atoms. The number of ketones is 1. The average Bonchev–Trinajstić information content (AvgIpc) is 2.17. The summed E-state index contributed by atoms with van der Waals surface area (Å²) in [5.41, 5.74) is 0.972. The first kappa shape index (κ1) is 11.1. The predicted octanol–water partition coefficient (Wildman–Crippen LogP) is 2.41. The fourth-order valence-electron chi connectivity index (χ4n) is 0.957. The first-order valence-corrected chi connectivity index (χ1v) is 5.09. The quantitative estimate of drug-likeness (QED) is 0.839. The first-order chi connectivity index (χ1) is 6.72. The van der Waals surface area contributed by atoms with E-state index in [0.717, 1.165) is 10.0 Å². The number of halogens is 1. The van der Waals surface area contributed by atoms with Gasteiger partial charge in [-0.05, 0) is 23.8 Å². The second-order valence-electron chi connectivity index (χ2n) is 2.82. The summed E-state index contributed by atoms with van der Waals surface area (Å²) in [5.74, 6) is -0.0598. The van der Waals surface area contributed by atoms with Crippen LogP contribution < -0.4 is 0 Å². The van der Waals surface area contributed by atoms with Gasteiger partial charge in [0.2, 0.25) is 0 Å². The van der Waals surface area contributed by atoms with Gasteiger partial charge in [0.1, 0.15) is 0 Å². The molecule has 74 valence electrons. The summed E-state index contributed by atoms with van der Waals surface area (Å²) in [5, 5.41) is 8.51. The van der Waals surface area contributed by atoms with Crippen molar-refractivity contribution >= 4 is 27.8 Å². The van der Waals surface area contributed by atoms with Gasteiger partial charge in [-0.3, -0.25) is 4.79 Å². The number of hydrogen-bond donors (Lipinski definition) is 1. The van der Waals surface area contributed by atoms with E-state index in [2.05, 4.69) is 15.9 Å². The zero-order chi connectivity index (χ0) is 10.4. The summed E-state index contributed by atoms with van der Waals surface area (Å²) in [7, 11) is 0. The molecule has 0 heterocycles. The Balaban J connectivity index is 2.60. The molecule has 1 aromatic rings. The summed E-state index contributed by atoms with van der Waals surface area (Å²) in [6, 6.07) is 7.64. The van der Waals surface area contributed by atoms with Crippen molar-refractivity contribution in [1.82, 2.24) is 0 Å². The Morgan fingerprint density at radius 3 is 2.57 bits per heavy atom. The number of carbonyl (C=O) groups is 1. The van der Waals surface area contributed by atoms with Crippen LogP contribution in [-0.4, -0.2) is 17.5 Å². The molecule has 0 fully saturated rings. The van der Waals surface area contributed by atoms with Gasteiger partial charge in [0, 0.05) is 10.9 Å². The van der Waals surface area contributed by atoms with Crippen molar-refractivity contribution in [3.63, 3.8) is 0 Å². The van der Waals surface area contributed by atoms with Crippen molar-refractivity contribution in [2.45, 2.75) is 6.42 Å². The molecule has 14 heavy (non-hydrogen) atoms. The summed E-state index contributed by atoms with van der Waals surface area (Å²) in [6.07, 6.45) is 3.41. The number of allylic oxidation sites excluding steroid dienone is 1. The van der Waals surface area contributed by atoms with Crippen LogP contribution in [0, 0.1) is 0 Å². The number of benzene rings is 1. The van der Waals surface area contributed by atoms with Crippen molar-refractivity contribution in [1.29, 1.82) is 0 Å². The first-order valence-electron chi connectivity index (χ1n) is 4.29. The molecule has 0 saturated carbocycles. The molecule has 0 atom stereocenters. The minimum atomic E-state index is -0.0937. The van der Waals surface area contributed by atoms with Crippen LogP contribution in [0.4, 0.5) is 0 Å². The average molecular weight is 255 g/mol. The topological polar surface area (TPSA) is 37.3 Å². The number of aliphatic hydroxyl groups is 1. The number of hydrogen-bond acceptors (Lipinski definition) is 2. The van der Waals surface area contributed by atoms with Gasteiger partial charge in [-0.15, -0.1) is 0 Å². The van der Waals surface area contributed by atoms with Gasteiger partial charge >= 0.3 is 0 Å². The third kappa shape index (κ3) is 3.85. The van der Waals surface area contributed by atoms with Crippen LogP contribution in [0.5, 0.6) is 0 Å². The fourth-order valence-corrected chi connectivity index (χ4v) is 1.22. The lowest BCUT2D eigenvalue weighted by Gasteiger charge is -1.93. The Bertz CT molecular complexity index is 328. The predicted molar refractivity (Wildman–Crippen MR) is 59.9 cm³/mol. The van der Waals surface area contributed by atoms with E-state index in [1.807, 2.05) is 24.3 Å². The second-order valence-corrected chi connectivity index (χ2v) is 3.74. The van der Waals surface area contributed by atoms with Gasteiger partial charge in [0.15, 0.2) is 5.78 Å². The van der Waals surface area contributed by atoms with Crippen molar-refractivity contribution in [2.24, 2.45) is 0 Å². The zero-order valence-corrected chi connectivity index (χ0v) is 9.20. The summed E-state index contributed by atoms with van der Waals surface area (Å²) < 4.78 is 1.01. The molecule has 0 unspecified atom stereocenters. The highest BCUT2D eigenvalue weighted by atomic mass is 79.9. The highest BCUT2D eigenvalue weighted by Gasteiger charge is 1.93. The zero-order valence-electron chi connectivity index (χ0n) is 7.61.